The van der Waals surface area contributed by atoms with Gasteiger partial charge in [-0.1, -0.05) is 20.3 Å². The molecule has 1 heteroatoms. The van der Waals surface area contributed by atoms with Crippen LogP contribution in [0.5, 0.6) is 0 Å². The molecule has 10 heavy (non-hydrogen) atoms. The third kappa shape index (κ3) is 2.77. The molecule has 0 spiro atoms. The Bertz CT molecular complexity index is 164. The monoisotopic (exact) mass is 128 g/mol. The van der Waals surface area contributed by atoms with Crippen LogP contribution >= 0.6 is 0 Å². The maximum atomic E-state index is 3.14. The summed E-state index contributed by atoms with van der Waals surface area (Å²) in [5, 5.41) is 0. The predicted octanol–water partition coefficient (Wildman–Crippen LogP) is -0.274. The van der Waals surface area contributed by atoms with E-state index in [0.29, 0.717) is 5.41 Å². The Hall–Kier alpha value is 0.0774. The van der Waals surface area contributed by atoms with Crippen LogP contribution in [0.25, 0.3) is 0 Å². The van der Waals surface area contributed by atoms with Gasteiger partial charge in [-0.25, -0.2) is 11.6 Å². The van der Waals surface area contributed by atoms with Gasteiger partial charge in [-0.15, -0.1) is 6.92 Å². The van der Waals surface area contributed by atoms with E-state index in [-0.39, 0.29) is 18.9 Å². The van der Waals surface area contributed by atoms with Gasteiger partial charge in [-0.3, -0.25) is 6.08 Å². The van der Waals surface area contributed by atoms with E-state index >= 15 is 0 Å². The van der Waals surface area contributed by atoms with Gasteiger partial charge in [0.2, 0.25) is 0 Å². The van der Waals surface area contributed by atoms with Gasteiger partial charge in [-0.05, 0) is 5.41 Å². The molecule has 1 aliphatic carbocycles. The second-order valence-corrected chi connectivity index (χ2v) is 3.47. The Kier molecular flexibility index (Phi) is 3.49. The smallest absolute Gasteiger partial charge is 0.254 e. The summed E-state index contributed by atoms with van der Waals surface area (Å²) in [5.41, 5.74) is 1.78. The minimum atomic E-state index is 0. The van der Waals surface area contributed by atoms with E-state index in [1.807, 2.05) is 0 Å². The summed E-state index contributed by atoms with van der Waals surface area (Å²) in [5.74, 6) is 0. The van der Waals surface area contributed by atoms with Crippen LogP contribution in [0.15, 0.2) is 17.7 Å². The molecule has 0 saturated carbocycles. The summed E-state index contributed by atoms with van der Waals surface area (Å²) < 4.78 is 0. The molecule has 0 bridgehead atoms. The van der Waals surface area contributed by atoms with Crippen molar-refractivity contribution in [3.8, 4) is 0 Å². The van der Waals surface area contributed by atoms with Gasteiger partial charge in [-0.2, -0.15) is 6.08 Å². The van der Waals surface area contributed by atoms with Crippen LogP contribution in [0.2, 0.25) is 0 Å². The van der Waals surface area contributed by atoms with Gasteiger partial charge in [0.15, 0.2) is 0 Å². The standard InChI is InChI=1S/C9H13.Li/c1-8-5-4-6-9(2,3)7-8;/h5-6H,7H2,1-3H3;/q-1;+1. The number of allylic oxidation sites excluding steroid dienone is 4. The molecule has 0 atom stereocenters. The molecule has 0 aromatic carbocycles. The quantitative estimate of drug-likeness (QED) is 0.311. The summed E-state index contributed by atoms with van der Waals surface area (Å²) in [7, 11) is 0. The van der Waals surface area contributed by atoms with Crippen molar-refractivity contribution in [3.05, 3.63) is 23.8 Å². The molecule has 0 heterocycles. The average Bonchev–Trinajstić information content (AvgIpc) is 1.60. The first-order valence-corrected chi connectivity index (χ1v) is 3.36. The maximum absolute atomic E-state index is 3.14. The Morgan fingerprint density at radius 3 is 2.40 bits per heavy atom. The van der Waals surface area contributed by atoms with Crippen LogP contribution in [-0.4, -0.2) is 0 Å². The Morgan fingerprint density at radius 1 is 1.50 bits per heavy atom. The van der Waals surface area contributed by atoms with Crippen molar-refractivity contribution in [2.75, 3.05) is 0 Å². The van der Waals surface area contributed by atoms with E-state index < -0.39 is 0 Å². The van der Waals surface area contributed by atoms with Crippen molar-refractivity contribution in [3.63, 3.8) is 0 Å². The van der Waals surface area contributed by atoms with Crippen LogP contribution in [0.4, 0.5) is 0 Å². The molecule has 50 valence electrons. The van der Waals surface area contributed by atoms with E-state index in [0.717, 1.165) is 0 Å². The van der Waals surface area contributed by atoms with E-state index in [9.17, 15) is 0 Å². The zero-order valence-corrected chi connectivity index (χ0v) is 7.36. The molecule has 0 nitrogen and oxygen atoms in total. The predicted molar refractivity (Wildman–Crippen MR) is 40.0 cm³/mol. The van der Waals surface area contributed by atoms with Crippen molar-refractivity contribution in [2.24, 2.45) is 5.41 Å². The van der Waals surface area contributed by atoms with Crippen molar-refractivity contribution >= 4 is 0 Å². The van der Waals surface area contributed by atoms with Gasteiger partial charge in [0.25, 0.3) is 0 Å². The molecule has 0 N–H and O–H groups in total. The molecule has 0 unspecified atom stereocenters. The molecule has 0 fully saturated rings. The van der Waals surface area contributed by atoms with Gasteiger partial charge >= 0.3 is 18.9 Å². The second-order valence-electron chi connectivity index (χ2n) is 3.47. The summed E-state index contributed by atoms with van der Waals surface area (Å²) >= 11 is 0. The Balaban J connectivity index is 0.000000810. The van der Waals surface area contributed by atoms with Crippen molar-refractivity contribution < 1.29 is 18.9 Å². The Morgan fingerprint density at radius 2 is 2.10 bits per heavy atom. The minimum absolute atomic E-state index is 0. The van der Waals surface area contributed by atoms with Gasteiger partial charge in [0, 0.05) is 0 Å². The first-order chi connectivity index (χ1) is 4.10. The summed E-state index contributed by atoms with van der Waals surface area (Å²) in [6.07, 6.45) is 8.52. The van der Waals surface area contributed by atoms with Crippen LogP contribution < -0.4 is 18.9 Å². The zero-order chi connectivity index (χ0) is 6.91. The average molecular weight is 128 g/mol. The molecule has 0 amide bonds. The third-order valence-corrected chi connectivity index (χ3v) is 1.54. The minimum Gasteiger partial charge on any atom is -0.254 e. The summed E-state index contributed by atoms with van der Waals surface area (Å²) in [4.78, 5) is 0. The number of hydrogen-bond donors (Lipinski definition) is 0. The molecule has 0 aliphatic heterocycles. The molecule has 1 rings (SSSR count). The SMILES string of the molecule is CC1=C[C-]=CC(C)(C)C1.[Li+]. The first kappa shape index (κ1) is 10.1. The van der Waals surface area contributed by atoms with Crippen molar-refractivity contribution in [2.45, 2.75) is 27.2 Å². The topological polar surface area (TPSA) is 0 Å². The van der Waals surface area contributed by atoms with E-state index in [2.05, 4.69) is 39.0 Å². The van der Waals surface area contributed by atoms with E-state index in [1.165, 1.54) is 12.0 Å². The molecular formula is C9H13Li. The second kappa shape index (κ2) is 3.46. The summed E-state index contributed by atoms with van der Waals surface area (Å²) in [6, 6.07) is 0. The van der Waals surface area contributed by atoms with Crippen LogP contribution in [-0.2, 0) is 0 Å². The zero-order valence-electron chi connectivity index (χ0n) is 7.36. The van der Waals surface area contributed by atoms with Gasteiger partial charge < -0.3 is 0 Å². The maximum Gasteiger partial charge on any atom is 1.00 e. The fraction of sp³-hybridized carbons (Fsp3) is 0.556. The van der Waals surface area contributed by atoms with Crippen molar-refractivity contribution in [1.82, 2.24) is 0 Å². The summed E-state index contributed by atoms with van der Waals surface area (Å²) in [6.45, 7) is 6.62. The molecule has 0 aromatic rings. The number of rotatable bonds is 0. The molecule has 0 saturated heterocycles. The van der Waals surface area contributed by atoms with E-state index in [4.69, 9.17) is 0 Å². The Labute approximate surface area is 75.6 Å². The van der Waals surface area contributed by atoms with Crippen LogP contribution in [0, 0.1) is 11.5 Å². The number of hydrogen-bond acceptors (Lipinski definition) is 0. The third-order valence-electron chi connectivity index (χ3n) is 1.54. The normalized spacial score (nSPS) is 21.3. The van der Waals surface area contributed by atoms with Gasteiger partial charge in [0.05, 0.1) is 0 Å². The fourth-order valence-corrected chi connectivity index (χ4v) is 1.23. The molecule has 1 aliphatic rings. The van der Waals surface area contributed by atoms with Gasteiger partial charge in [0.1, 0.15) is 0 Å². The van der Waals surface area contributed by atoms with Crippen molar-refractivity contribution in [1.29, 1.82) is 0 Å². The first-order valence-electron chi connectivity index (χ1n) is 3.36. The fourth-order valence-electron chi connectivity index (χ4n) is 1.23. The largest absolute Gasteiger partial charge is 1.00 e. The molecule has 0 radical (unpaired) electrons. The van der Waals surface area contributed by atoms with Crippen LogP contribution in [0.1, 0.15) is 27.2 Å². The molecular weight excluding hydrogens is 115 g/mol. The van der Waals surface area contributed by atoms with E-state index in [1.54, 1.807) is 0 Å². The molecule has 0 aromatic heterocycles. The van der Waals surface area contributed by atoms with Crippen LogP contribution in [0.3, 0.4) is 0 Å².